The molecule has 31 heavy (non-hydrogen) atoms. The van der Waals surface area contributed by atoms with Crippen LogP contribution in [0.4, 0.5) is 10.1 Å². The van der Waals surface area contributed by atoms with Crippen molar-refractivity contribution in [2.75, 3.05) is 5.32 Å². The van der Waals surface area contributed by atoms with Crippen LogP contribution in [0.2, 0.25) is 5.02 Å². The standard InChI is InChI=1S/C22H14ClFN4O3/c1-11-18(20(28-31-11)19-13(23)4-2-5-14(19)24)22(29)25-12-7-8-15-16(10-12)27-21(26-15)17-6-3-9-30-17/h2-10H,1H3,(H,25,29)(H,26,27). The first kappa shape index (κ1) is 19.1. The van der Waals surface area contributed by atoms with Gasteiger partial charge in [-0.15, -0.1) is 0 Å². The highest BCUT2D eigenvalue weighted by atomic mass is 35.5. The maximum absolute atomic E-state index is 14.4. The van der Waals surface area contributed by atoms with Crippen LogP contribution < -0.4 is 5.32 Å². The molecule has 0 aliphatic rings. The lowest BCUT2D eigenvalue weighted by molar-refractivity contribution is 0.102. The molecule has 0 atom stereocenters. The normalized spacial score (nSPS) is 11.2. The smallest absolute Gasteiger partial charge is 0.261 e. The fourth-order valence-electron chi connectivity index (χ4n) is 3.35. The highest BCUT2D eigenvalue weighted by Crippen LogP contribution is 2.34. The Balaban J connectivity index is 1.48. The molecule has 154 valence electrons. The third kappa shape index (κ3) is 3.36. The first-order chi connectivity index (χ1) is 15.0. The lowest BCUT2D eigenvalue weighted by Gasteiger charge is -2.07. The predicted molar refractivity (Wildman–Crippen MR) is 113 cm³/mol. The molecule has 5 rings (SSSR count). The number of halogens is 2. The predicted octanol–water partition coefficient (Wildman–Crippen LogP) is 5.83. The summed E-state index contributed by atoms with van der Waals surface area (Å²) in [4.78, 5) is 20.6. The van der Waals surface area contributed by atoms with Gasteiger partial charge in [0.05, 0.1) is 27.9 Å². The summed E-state index contributed by atoms with van der Waals surface area (Å²) in [6.45, 7) is 1.58. The Morgan fingerprint density at radius 1 is 1.19 bits per heavy atom. The third-order valence-corrected chi connectivity index (χ3v) is 5.10. The molecule has 0 saturated heterocycles. The molecule has 1 amide bonds. The molecule has 7 nitrogen and oxygen atoms in total. The van der Waals surface area contributed by atoms with E-state index in [0.29, 0.717) is 28.3 Å². The zero-order chi connectivity index (χ0) is 21.5. The van der Waals surface area contributed by atoms with Gasteiger partial charge in [0.25, 0.3) is 5.91 Å². The Kier molecular flexibility index (Phi) is 4.56. The van der Waals surface area contributed by atoms with Gasteiger partial charge < -0.3 is 19.2 Å². The van der Waals surface area contributed by atoms with Crippen molar-refractivity contribution in [2.45, 2.75) is 6.92 Å². The summed E-state index contributed by atoms with van der Waals surface area (Å²) in [5.74, 6) is 0.329. The van der Waals surface area contributed by atoms with Crippen LogP contribution in [0, 0.1) is 12.7 Å². The minimum atomic E-state index is -0.598. The second-order valence-corrected chi connectivity index (χ2v) is 7.21. The molecule has 2 N–H and O–H groups in total. The summed E-state index contributed by atoms with van der Waals surface area (Å²) >= 11 is 6.15. The minimum Gasteiger partial charge on any atom is -0.461 e. The number of anilines is 1. The number of amides is 1. The number of hydrogen-bond acceptors (Lipinski definition) is 5. The van der Waals surface area contributed by atoms with Gasteiger partial charge in [-0.25, -0.2) is 9.37 Å². The van der Waals surface area contributed by atoms with Crippen molar-refractivity contribution in [3.63, 3.8) is 0 Å². The van der Waals surface area contributed by atoms with Crippen LogP contribution in [0.25, 0.3) is 33.9 Å². The van der Waals surface area contributed by atoms with E-state index in [1.54, 1.807) is 43.5 Å². The van der Waals surface area contributed by atoms with E-state index in [2.05, 4.69) is 20.4 Å². The highest BCUT2D eigenvalue weighted by molar-refractivity contribution is 6.33. The van der Waals surface area contributed by atoms with E-state index in [9.17, 15) is 9.18 Å². The molecule has 0 radical (unpaired) electrons. The number of aromatic nitrogens is 3. The number of nitrogens with zero attached hydrogens (tertiary/aromatic N) is 2. The van der Waals surface area contributed by atoms with Crippen LogP contribution in [-0.4, -0.2) is 21.0 Å². The summed E-state index contributed by atoms with van der Waals surface area (Å²) < 4.78 is 24.9. The molecule has 3 heterocycles. The number of furan rings is 1. The van der Waals surface area contributed by atoms with Crippen molar-refractivity contribution < 1.29 is 18.1 Å². The largest absolute Gasteiger partial charge is 0.461 e. The molecule has 0 unspecified atom stereocenters. The Bertz CT molecular complexity index is 1400. The van der Waals surface area contributed by atoms with Gasteiger partial charge in [-0.2, -0.15) is 0 Å². The van der Waals surface area contributed by atoms with Crippen LogP contribution in [0.3, 0.4) is 0 Å². The highest BCUT2D eigenvalue weighted by Gasteiger charge is 2.25. The van der Waals surface area contributed by atoms with Crippen LogP contribution >= 0.6 is 11.6 Å². The molecule has 0 aliphatic carbocycles. The molecule has 9 heteroatoms. The quantitative estimate of drug-likeness (QED) is 0.369. The Morgan fingerprint density at radius 3 is 2.84 bits per heavy atom. The summed E-state index contributed by atoms with van der Waals surface area (Å²) in [6.07, 6.45) is 1.56. The number of benzene rings is 2. The molecule has 0 fully saturated rings. The molecule has 0 bridgehead atoms. The van der Waals surface area contributed by atoms with Gasteiger partial charge in [-0.05, 0) is 49.4 Å². The monoisotopic (exact) mass is 436 g/mol. The van der Waals surface area contributed by atoms with E-state index in [0.717, 1.165) is 0 Å². The first-order valence-electron chi connectivity index (χ1n) is 9.27. The van der Waals surface area contributed by atoms with Gasteiger partial charge in [-0.1, -0.05) is 22.8 Å². The van der Waals surface area contributed by atoms with Crippen LogP contribution in [0.1, 0.15) is 16.1 Å². The van der Waals surface area contributed by atoms with Crippen LogP contribution in [-0.2, 0) is 0 Å². The van der Waals surface area contributed by atoms with Gasteiger partial charge in [-0.3, -0.25) is 4.79 Å². The van der Waals surface area contributed by atoms with Crippen LogP contribution in [0.5, 0.6) is 0 Å². The van der Waals surface area contributed by atoms with E-state index in [1.807, 2.05) is 0 Å². The van der Waals surface area contributed by atoms with Gasteiger partial charge in [0.15, 0.2) is 11.6 Å². The molecule has 0 spiro atoms. The van der Waals surface area contributed by atoms with Crippen molar-refractivity contribution in [3.05, 3.63) is 77.0 Å². The number of imidazole rings is 1. The number of hydrogen-bond donors (Lipinski definition) is 2. The van der Waals surface area contributed by atoms with Crippen molar-refractivity contribution in [2.24, 2.45) is 0 Å². The molecular weight excluding hydrogens is 423 g/mol. The van der Waals surface area contributed by atoms with Crippen LogP contribution in [0.15, 0.2) is 63.7 Å². The SMILES string of the molecule is Cc1onc(-c2c(F)cccc2Cl)c1C(=O)Nc1ccc2nc(-c3ccco3)[nH]c2c1. The molecule has 5 aromatic rings. The number of H-pyrrole nitrogens is 1. The molecular formula is C22H14ClFN4O3. The van der Waals surface area contributed by atoms with Gasteiger partial charge >= 0.3 is 0 Å². The maximum Gasteiger partial charge on any atom is 0.261 e. The van der Waals surface area contributed by atoms with Crippen molar-refractivity contribution in [3.8, 4) is 22.8 Å². The average Bonchev–Trinajstić information content (AvgIpc) is 3.47. The second kappa shape index (κ2) is 7.41. The zero-order valence-electron chi connectivity index (χ0n) is 16.1. The number of rotatable bonds is 4. The maximum atomic E-state index is 14.4. The van der Waals surface area contributed by atoms with Crippen molar-refractivity contribution in [1.29, 1.82) is 0 Å². The Hall–Kier alpha value is -3.91. The van der Waals surface area contributed by atoms with E-state index >= 15 is 0 Å². The molecule has 3 aromatic heterocycles. The Morgan fingerprint density at radius 2 is 2.06 bits per heavy atom. The van der Waals surface area contributed by atoms with Gasteiger partial charge in [0.2, 0.25) is 0 Å². The number of nitrogens with one attached hydrogen (secondary N) is 2. The van der Waals surface area contributed by atoms with E-state index < -0.39 is 11.7 Å². The molecule has 0 aliphatic heterocycles. The number of carbonyl (C=O) groups excluding carboxylic acids is 1. The Labute approximate surface area is 179 Å². The fourth-order valence-corrected chi connectivity index (χ4v) is 3.60. The third-order valence-electron chi connectivity index (χ3n) is 4.78. The van der Waals surface area contributed by atoms with Gasteiger partial charge in [0, 0.05) is 5.69 Å². The van der Waals surface area contributed by atoms with Crippen molar-refractivity contribution in [1.82, 2.24) is 15.1 Å². The van der Waals surface area contributed by atoms with E-state index in [-0.39, 0.29) is 27.6 Å². The van der Waals surface area contributed by atoms with Gasteiger partial charge in [0.1, 0.15) is 22.8 Å². The molecule has 0 saturated carbocycles. The summed E-state index contributed by atoms with van der Waals surface area (Å²) in [5.41, 5.74) is 2.10. The van der Waals surface area contributed by atoms with E-state index in [4.69, 9.17) is 20.5 Å². The second-order valence-electron chi connectivity index (χ2n) is 6.81. The number of aryl methyl sites for hydroxylation is 1. The summed E-state index contributed by atoms with van der Waals surface area (Å²) in [6, 6.07) is 13.0. The molecule has 2 aromatic carbocycles. The lowest BCUT2D eigenvalue weighted by Crippen LogP contribution is -2.13. The van der Waals surface area contributed by atoms with E-state index in [1.165, 1.54) is 18.2 Å². The topological polar surface area (TPSA) is 97.0 Å². The van der Waals surface area contributed by atoms with Crippen molar-refractivity contribution >= 4 is 34.2 Å². The minimum absolute atomic E-state index is 0.0123. The average molecular weight is 437 g/mol. The lowest BCUT2D eigenvalue weighted by atomic mass is 10.0. The number of aromatic amines is 1. The fraction of sp³-hybridized carbons (Fsp3) is 0.0455. The number of fused-ring (bicyclic) bond motifs is 1. The number of carbonyl (C=O) groups is 1. The summed E-state index contributed by atoms with van der Waals surface area (Å²) in [7, 11) is 0. The zero-order valence-corrected chi connectivity index (χ0v) is 16.8. The first-order valence-corrected chi connectivity index (χ1v) is 9.64. The summed E-state index contributed by atoms with van der Waals surface area (Å²) in [5, 5.41) is 6.79.